The average molecular weight is 306 g/mol. The molecule has 20 heavy (non-hydrogen) atoms. The molecule has 0 spiro atoms. The van der Waals surface area contributed by atoms with E-state index in [1.807, 2.05) is 4.72 Å². The third-order valence-electron chi connectivity index (χ3n) is 2.38. The molecule has 0 aliphatic heterocycles. The highest BCUT2D eigenvalue weighted by Crippen LogP contribution is 2.36. The number of anilines is 2. The molecule has 0 amide bonds. The fraction of sp³-hybridized carbons (Fsp3) is 0.100. The summed E-state index contributed by atoms with van der Waals surface area (Å²) in [5, 5.41) is 5.69. The zero-order chi connectivity index (χ0) is 15.0. The zero-order valence-electron chi connectivity index (χ0n) is 9.77. The lowest BCUT2D eigenvalue weighted by Crippen LogP contribution is -2.17. The topological polar surface area (TPSA) is 101 Å². The number of alkyl halides is 3. The summed E-state index contributed by atoms with van der Waals surface area (Å²) in [5.74, 6) is 0. The van der Waals surface area contributed by atoms with Crippen molar-refractivity contribution in [1.82, 2.24) is 10.2 Å². The quantitative estimate of drug-likeness (QED) is 0.753. The number of sulfonamides is 1. The first-order valence-corrected chi connectivity index (χ1v) is 6.67. The molecule has 0 aliphatic carbocycles. The monoisotopic (exact) mass is 306 g/mol. The van der Waals surface area contributed by atoms with Crippen LogP contribution in [0.1, 0.15) is 5.56 Å². The number of nitrogens with zero attached hydrogens (tertiary/aromatic N) is 1. The van der Waals surface area contributed by atoms with Crippen LogP contribution >= 0.6 is 0 Å². The van der Waals surface area contributed by atoms with Crippen LogP contribution in [0.5, 0.6) is 0 Å². The molecule has 0 radical (unpaired) electrons. The van der Waals surface area contributed by atoms with E-state index >= 15 is 0 Å². The summed E-state index contributed by atoms with van der Waals surface area (Å²) < 4.78 is 64.1. The van der Waals surface area contributed by atoms with Crippen molar-refractivity contribution in [3.63, 3.8) is 0 Å². The highest BCUT2D eigenvalue weighted by molar-refractivity contribution is 7.92. The molecular weight excluding hydrogens is 297 g/mol. The lowest BCUT2D eigenvalue weighted by Gasteiger charge is -2.14. The fourth-order valence-electron chi connectivity index (χ4n) is 1.48. The maximum atomic E-state index is 12.8. The number of hydrogen-bond acceptors (Lipinski definition) is 4. The Kier molecular flexibility index (Phi) is 3.34. The van der Waals surface area contributed by atoms with Gasteiger partial charge in [0.1, 0.15) is 4.90 Å². The van der Waals surface area contributed by atoms with Crippen LogP contribution in [0.3, 0.4) is 0 Å². The lowest BCUT2D eigenvalue weighted by atomic mass is 10.1. The van der Waals surface area contributed by atoms with Gasteiger partial charge in [0.25, 0.3) is 10.0 Å². The first-order chi connectivity index (χ1) is 9.20. The molecule has 4 N–H and O–H groups in total. The van der Waals surface area contributed by atoms with Crippen LogP contribution in [-0.4, -0.2) is 18.6 Å². The Morgan fingerprint density at radius 3 is 2.55 bits per heavy atom. The highest BCUT2D eigenvalue weighted by Gasteiger charge is 2.35. The van der Waals surface area contributed by atoms with Crippen molar-refractivity contribution in [2.45, 2.75) is 11.1 Å². The molecule has 2 rings (SSSR count). The van der Waals surface area contributed by atoms with Gasteiger partial charge in [-0.15, -0.1) is 0 Å². The number of hydrogen-bond donors (Lipinski definition) is 3. The third kappa shape index (κ3) is 2.85. The normalized spacial score (nSPS) is 12.3. The fourth-order valence-corrected chi connectivity index (χ4v) is 2.46. The van der Waals surface area contributed by atoms with E-state index in [9.17, 15) is 21.6 Å². The van der Waals surface area contributed by atoms with E-state index in [0.29, 0.717) is 6.07 Å². The third-order valence-corrected chi connectivity index (χ3v) is 3.71. The molecule has 0 bridgehead atoms. The summed E-state index contributed by atoms with van der Waals surface area (Å²) in [6, 6.07) is 2.78. The van der Waals surface area contributed by atoms with E-state index in [-0.39, 0.29) is 10.6 Å². The van der Waals surface area contributed by atoms with Gasteiger partial charge in [0.05, 0.1) is 17.4 Å². The SMILES string of the molecule is Nc1ccc(NS(=O)(=O)c2cn[nH]c2)c(C(F)(F)F)c1. The summed E-state index contributed by atoms with van der Waals surface area (Å²) in [6.07, 6.45) is -2.70. The Bertz CT molecular complexity index is 711. The van der Waals surface area contributed by atoms with Crippen molar-refractivity contribution >= 4 is 21.4 Å². The molecule has 0 saturated carbocycles. The number of nitrogens with two attached hydrogens (primary N) is 1. The van der Waals surface area contributed by atoms with Gasteiger partial charge in [-0.05, 0) is 18.2 Å². The van der Waals surface area contributed by atoms with Crippen molar-refractivity contribution < 1.29 is 21.6 Å². The van der Waals surface area contributed by atoms with Gasteiger partial charge in [-0.25, -0.2) is 8.42 Å². The van der Waals surface area contributed by atoms with Crippen LogP contribution in [0.25, 0.3) is 0 Å². The minimum absolute atomic E-state index is 0.122. The molecule has 1 aromatic carbocycles. The molecule has 0 unspecified atom stereocenters. The number of halogens is 3. The second-order valence-electron chi connectivity index (χ2n) is 3.84. The molecule has 1 heterocycles. The van der Waals surface area contributed by atoms with Gasteiger partial charge in [-0.3, -0.25) is 9.82 Å². The first-order valence-electron chi connectivity index (χ1n) is 5.18. The lowest BCUT2D eigenvalue weighted by molar-refractivity contribution is -0.136. The summed E-state index contributed by atoms with van der Waals surface area (Å²) in [4.78, 5) is -0.276. The van der Waals surface area contributed by atoms with Crippen LogP contribution in [0.15, 0.2) is 35.5 Å². The predicted octanol–water partition coefficient (Wildman–Crippen LogP) is 1.81. The van der Waals surface area contributed by atoms with Gasteiger partial charge >= 0.3 is 6.18 Å². The van der Waals surface area contributed by atoms with E-state index in [2.05, 4.69) is 10.2 Å². The number of nitrogens with one attached hydrogen (secondary N) is 2. The van der Waals surface area contributed by atoms with Gasteiger partial charge < -0.3 is 5.73 Å². The molecule has 10 heteroatoms. The summed E-state index contributed by atoms with van der Waals surface area (Å²) in [6.45, 7) is 0. The smallest absolute Gasteiger partial charge is 0.399 e. The van der Waals surface area contributed by atoms with Crippen molar-refractivity contribution in [3.8, 4) is 0 Å². The van der Waals surface area contributed by atoms with Crippen LogP contribution in [0.2, 0.25) is 0 Å². The number of rotatable bonds is 3. The van der Waals surface area contributed by atoms with Crippen LogP contribution in [0, 0.1) is 0 Å². The highest BCUT2D eigenvalue weighted by atomic mass is 32.2. The second kappa shape index (κ2) is 4.71. The van der Waals surface area contributed by atoms with Crippen molar-refractivity contribution in [2.75, 3.05) is 10.5 Å². The Labute approximate surface area is 111 Å². The number of aromatic nitrogens is 2. The molecule has 0 fully saturated rings. The summed E-state index contributed by atoms with van der Waals surface area (Å²) in [5.41, 5.74) is 3.40. The number of H-pyrrole nitrogens is 1. The molecular formula is C10H9F3N4O2S. The van der Waals surface area contributed by atoms with Crippen LogP contribution in [0.4, 0.5) is 24.5 Å². The Morgan fingerprint density at radius 2 is 2.00 bits per heavy atom. The Hall–Kier alpha value is -2.23. The molecule has 2 aromatic rings. The van der Waals surface area contributed by atoms with Crippen molar-refractivity contribution in [2.24, 2.45) is 0 Å². The second-order valence-corrected chi connectivity index (χ2v) is 5.52. The van der Waals surface area contributed by atoms with Crippen LogP contribution in [-0.2, 0) is 16.2 Å². The average Bonchev–Trinajstić information content (AvgIpc) is 2.84. The number of aromatic amines is 1. The van der Waals surface area contributed by atoms with Gasteiger partial charge in [0.2, 0.25) is 0 Å². The van der Waals surface area contributed by atoms with E-state index in [0.717, 1.165) is 18.5 Å². The molecule has 0 atom stereocenters. The molecule has 0 saturated heterocycles. The van der Waals surface area contributed by atoms with Crippen LogP contribution < -0.4 is 10.5 Å². The number of nitrogen functional groups attached to an aromatic ring is 1. The molecule has 6 nitrogen and oxygen atoms in total. The molecule has 0 aliphatic rings. The van der Waals surface area contributed by atoms with Crippen molar-refractivity contribution in [1.29, 1.82) is 0 Å². The number of benzene rings is 1. The van der Waals surface area contributed by atoms with E-state index in [1.54, 1.807) is 0 Å². The van der Waals surface area contributed by atoms with Gasteiger partial charge in [0, 0.05) is 11.9 Å². The van der Waals surface area contributed by atoms with Gasteiger partial charge in [-0.2, -0.15) is 18.3 Å². The summed E-state index contributed by atoms with van der Waals surface area (Å²) >= 11 is 0. The van der Waals surface area contributed by atoms with Gasteiger partial charge in [0.15, 0.2) is 0 Å². The Balaban J connectivity index is 2.45. The minimum Gasteiger partial charge on any atom is -0.399 e. The maximum Gasteiger partial charge on any atom is 0.418 e. The molecule has 108 valence electrons. The van der Waals surface area contributed by atoms with Gasteiger partial charge in [-0.1, -0.05) is 0 Å². The zero-order valence-corrected chi connectivity index (χ0v) is 10.6. The maximum absolute atomic E-state index is 12.8. The first kappa shape index (κ1) is 14.2. The summed E-state index contributed by atoms with van der Waals surface area (Å²) in [7, 11) is -4.15. The van der Waals surface area contributed by atoms with E-state index in [4.69, 9.17) is 5.73 Å². The predicted molar refractivity (Wildman–Crippen MR) is 65.3 cm³/mol. The molecule has 1 aromatic heterocycles. The Morgan fingerprint density at radius 1 is 1.30 bits per heavy atom. The van der Waals surface area contributed by atoms with E-state index in [1.165, 1.54) is 6.07 Å². The van der Waals surface area contributed by atoms with Crippen molar-refractivity contribution in [3.05, 3.63) is 36.2 Å². The standard InChI is InChI=1S/C10H9F3N4O2S/c11-10(12,13)8-3-6(14)1-2-9(8)17-20(18,19)7-4-15-16-5-7/h1-5,17H,14H2,(H,15,16). The minimum atomic E-state index is -4.73. The largest absolute Gasteiger partial charge is 0.418 e. The van der Waals surface area contributed by atoms with E-state index < -0.39 is 27.5 Å².